The highest BCUT2D eigenvalue weighted by atomic mass is 32.2. The number of carbonyl (C=O) groups is 2. The molecule has 1 aromatic carbocycles. The van der Waals surface area contributed by atoms with Crippen molar-refractivity contribution in [1.82, 2.24) is 5.32 Å². The summed E-state index contributed by atoms with van der Waals surface area (Å²) in [6.45, 7) is 8.94. The molecular formula is C22H28N4O2S. The minimum atomic E-state index is -0.480. The van der Waals surface area contributed by atoms with Crippen molar-refractivity contribution in [3.05, 3.63) is 29.8 Å². The van der Waals surface area contributed by atoms with Crippen molar-refractivity contribution in [1.29, 1.82) is 0 Å². The van der Waals surface area contributed by atoms with E-state index in [1.807, 2.05) is 31.2 Å². The summed E-state index contributed by atoms with van der Waals surface area (Å²) in [6.07, 6.45) is 3.49. The summed E-state index contributed by atoms with van der Waals surface area (Å²) in [5, 5.41) is 14.5. The lowest BCUT2D eigenvalue weighted by Gasteiger charge is -2.34. The highest BCUT2D eigenvalue weighted by molar-refractivity contribution is 8.15. The van der Waals surface area contributed by atoms with E-state index in [2.05, 4.69) is 41.6 Å². The van der Waals surface area contributed by atoms with Crippen molar-refractivity contribution in [2.45, 2.75) is 58.6 Å². The Labute approximate surface area is 176 Å². The van der Waals surface area contributed by atoms with Gasteiger partial charge in [0, 0.05) is 23.2 Å². The first kappa shape index (κ1) is 20.1. The summed E-state index contributed by atoms with van der Waals surface area (Å²) in [5.74, 6) is 0.291. The van der Waals surface area contributed by atoms with E-state index < -0.39 is 5.25 Å². The number of hydrogen-bond donors (Lipinski definition) is 2. The molecule has 0 radical (unpaired) electrons. The molecule has 2 aliphatic carbocycles. The Morgan fingerprint density at radius 3 is 2.59 bits per heavy atom. The minimum absolute atomic E-state index is 0.0856. The Hall–Kier alpha value is -2.15. The number of hydrogen-bond acceptors (Lipinski definition) is 5. The van der Waals surface area contributed by atoms with Gasteiger partial charge in [-0.1, -0.05) is 50.2 Å². The van der Waals surface area contributed by atoms with Crippen LogP contribution in [0.2, 0.25) is 0 Å². The van der Waals surface area contributed by atoms with Crippen molar-refractivity contribution < 1.29 is 9.59 Å². The predicted molar refractivity (Wildman–Crippen MR) is 118 cm³/mol. The maximum atomic E-state index is 12.3. The molecule has 2 bridgehead atoms. The smallest absolute Gasteiger partial charge is 0.240 e. The highest BCUT2D eigenvalue weighted by Crippen LogP contribution is 2.64. The topological polar surface area (TPSA) is 82.9 Å². The van der Waals surface area contributed by atoms with Gasteiger partial charge in [0.2, 0.25) is 11.8 Å². The van der Waals surface area contributed by atoms with Crippen LogP contribution >= 0.6 is 11.8 Å². The lowest BCUT2D eigenvalue weighted by molar-refractivity contribution is -0.122. The number of nitrogens with one attached hydrogen (secondary N) is 2. The fourth-order valence-electron chi connectivity index (χ4n) is 4.79. The molecule has 3 fully saturated rings. The third kappa shape index (κ3) is 3.61. The standard InChI is InChI=1S/C22H28N4O2S/c1-13-5-7-15(8-6-13)23-18(27)12-16-19(28)24-20(29-16)26-25-17-11-14-9-10-22(17,4)21(14,2)3/h5-8,14,16H,9-12H2,1-4H3,(H,23,27)(H,24,26,28)/b25-17+. The molecule has 1 saturated heterocycles. The van der Waals surface area contributed by atoms with Crippen LogP contribution in [0, 0.1) is 23.7 Å². The van der Waals surface area contributed by atoms with Crippen LogP contribution in [0.4, 0.5) is 5.69 Å². The van der Waals surface area contributed by atoms with Gasteiger partial charge in [-0.05, 0) is 49.7 Å². The summed E-state index contributed by atoms with van der Waals surface area (Å²) in [7, 11) is 0. The molecule has 2 amide bonds. The third-order valence-electron chi connectivity index (χ3n) is 7.26. The molecule has 0 aromatic heterocycles. The van der Waals surface area contributed by atoms with Crippen molar-refractivity contribution in [3.8, 4) is 0 Å². The van der Waals surface area contributed by atoms with Gasteiger partial charge in [0.25, 0.3) is 0 Å². The van der Waals surface area contributed by atoms with Gasteiger partial charge in [-0.25, -0.2) is 0 Å². The van der Waals surface area contributed by atoms with Gasteiger partial charge in [0.1, 0.15) is 5.25 Å². The minimum Gasteiger partial charge on any atom is -0.326 e. The summed E-state index contributed by atoms with van der Waals surface area (Å²) in [6, 6.07) is 7.59. The molecule has 29 heavy (non-hydrogen) atoms. The number of amides is 2. The normalized spacial score (nSPS) is 32.8. The molecule has 6 nitrogen and oxygen atoms in total. The van der Waals surface area contributed by atoms with Crippen LogP contribution in [-0.2, 0) is 9.59 Å². The van der Waals surface area contributed by atoms with Crippen LogP contribution in [0.3, 0.4) is 0 Å². The van der Waals surface area contributed by atoms with Crippen molar-refractivity contribution >= 4 is 40.1 Å². The average molecular weight is 413 g/mol. The zero-order valence-electron chi connectivity index (χ0n) is 17.4. The summed E-state index contributed by atoms with van der Waals surface area (Å²) in [5.41, 5.74) is 3.33. The van der Waals surface area contributed by atoms with Gasteiger partial charge >= 0.3 is 0 Å². The summed E-state index contributed by atoms with van der Waals surface area (Å²) in [4.78, 5) is 24.6. The van der Waals surface area contributed by atoms with Crippen molar-refractivity contribution in [2.24, 2.45) is 27.0 Å². The lowest BCUT2D eigenvalue weighted by Crippen LogP contribution is -2.32. The molecular weight excluding hydrogens is 384 g/mol. The Morgan fingerprint density at radius 2 is 1.97 bits per heavy atom. The molecule has 1 aromatic rings. The second-order valence-electron chi connectivity index (χ2n) is 9.16. The largest absolute Gasteiger partial charge is 0.326 e. The van der Waals surface area contributed by atoms with Gasteiger partial charge in [0.05, 0.1) is 0 Å². The van der Waals surface area contributed by atoms with Crippen LogP contribution < -0.4 is 10.6 Å². The van der Waals surface area contributed by atoms with Crippen LogP contribution in [0.5, 0.6) is 0 Å². The van der Waals surface area contributed by atoms with Crippen LogP contribution in [0.15, 0.2) is 34.5 Å². The molecule has 1 aliphatic heterocycles. The van der Waals surface area contributed by atoms with Gasteiger partial charge in [-0.15, -0.1) is 5.10 Å². The highest BCUT2D eigenvalue weighted by Gasteiger charge is 2.60. The van der Waals surface area contributed by atoms with Crippen molar-refractivity contribution in [3.63, 3.8) is 0 Å². The number of amidine groups is 1. The molecule has 3 unspecified atom stereocenters. The Morgan fingerprint density at radius 1 is 1.24 bits per heavy atom. The van der Waals surface area contributed by atoms with Gasteiger partial charge in [-0.2, -0.15) is 5.10 Å². The zero-order valence-corrected chi connectivity index (χ0v) is 18.2. The number of aryl methyl sites for hydroxylation is 1. The molecule has 3 aliphatic rings. The van der Waals surface area contributed by atoms with E-state index >= 15 is 0 Å². The van der Waals surface area contributed by atoms with E-state index in [-0.39, 0.29) is 29.1 Å². The van der Waals surface area contributed by atoms with E-state index in [4.69, 9.17) is 0 Å². The summed E-state index contributed by atoms with van der Waals surface area (Å²) < 4.78 is 0. The van der Waals surface area contributed by atoms with Crippen LogP contribution in [0.1, 0.15) is 52.0 Å². The molecule has 154 valence electrons. The van der Waals surface area contributed by atoms with Gasteiger partial charge < -0.3 is 10.6 Å². The molecule has 1 heterocycles. The third-order valence-corrected chi connectivity index (χ3v) is 8.33. The van der Waals surface area contributed by atoms with E-state index in [1.165, 1.54) is 18.2 Å². The Bertz CT molecular complexity index is 906. The molecule has 0 spiro atoms. The summed E-state index contributed by atoms with van der Waals surface area (Å²) >= 11 is 1.28. The maximum absolute atomic E-state index is 12.3. The first-order valence-corrected chi connectivity index (χ1v) is 11.1. The number of rotatable bonds is 4. The van der Waals surface area contributed by atoms with Crippen molar-refractivity contribution in [2.75, 3.05) is 5.32 Å². The Balaban J connectivity index is 1.38. The fourth-order valence-corrected chi connectivity index (χ4v) is 5.71. The predicted octanol–water partition coefficient (Wildman–Crippen LogP) is 4.11. The van der Waals surface area contributed by atoms with Crippen LogP contribution in [-0.4, -0.2) is 27.9 Å². The zero-order chi connectivity index (χ0) is 20.8. The van der Waals surface area contributed by atoms with E-state index in [0.29, 0.717) is 11.1 Å². The molecule has 4 rings (SSSR count). The second kappa shape index (κ2) is 7.27. The van der Waals surface area contributed by atoms with E-state index in [0.717, 1.165) is 29.8 Å². The number of benzene rings is 1. The average Bonchev–Trinajstić information content (AvgIpc) is 3.18. The first-order chi connectivity index (χ1) is 13.7. The maximum Gasteiger partial charge on any atom is 0.240 e. The number of anilines is 1. The molecule has 7 heteroatoms. The fraction of sp³-hybridized carbons (Fsp3) is 0.545. The lowest BCUT2D eigenvalue weighted by atomic mass is 9.70. The van der Waals surface area contributed by atoms with Gasteiger partial charge in [0.15, 0.2) is 5.17 Å². The van der Waals surface area contributed by atoms with E-state index in [9.17, 15) is 9.59 Å². The number of nitrogens with zero attached hydrogens (tertiary/aromatic N) is 2. The Kier molecular flexibility index (Phi) is 5.05. The van der Waals surface area contributed by atoms with E-state index in [1.54, 1.807) is 0 Å². The monoisotopic (exact) mass is 412 g/mol. The second-order valence-corrected chi connectivity index (χ2v) is 10.4. The number of fused-ring (bicyclic) bond motifs is 2. The number of thioether (sulfide) groups is 1. The van der Waals surface area contributed by atoms with Crippen LogP contribution in [0.25, 0.3) is 0 Å². The SMILES string of the molecule is Cc1ccc(NC(=O)CC2S/C(=N/N=C3\CC4CCC3(C)C4(C)C)NC2=O)cc1. The quantitative estimate of drug-likeness (QED) is 0.730. The van der Waals surface area contributed by atoms with Gasteiger partial charge in [-0.3, -0.25) is 9.59 Å². The molecule has 2 N–H and O–H groups in total. The molecule has 3 atom stereocenters. The number of carbonyl (C=O) groups excluding carboxylic acids is 2. The molecule has 2 saturated carbocycles. The first-order valence-electron chi connectivity index (χ1n) is 10.2.